The second-order valence-electron chi connectivity index (χ2n) is 8.61. The van der Waals surface area contributed by atoms with Crippen LogP contribution < -0.4 is 0 Å². The number of carbonyl (C=O) groups excluding carboxylic acids is 4. The number of hydrogen-bond donors (Lipinski definition) is 0. The molecule has 2 fully saturated rings. The zero-order valence-electron chi connectivity index (χ0n) is 18.1. The second kappa shape index (κ2) is 9.07. The number of rotatable bonds is 7. The summed E-state index contributed by atoms with van der Waals surface area (Å²) in [6.07, 6.45) is 0.879. The Bertz CT molecular complexity index is 1020. The molecule has 0 aromatic heterocycles. The van der Waals surface area contributed by atoms with Crippen LogP contribution in [0, 0.1) is 23.7 Å². The highest BCUT2D eigenvalue weighted by Crippen LogP contribution is 2.46. The summed E-state index contributed by atoms with van der Waals surface area (Å²) < 4.78 is 10.0. The molecule has 0 radical (unpaired) electrons. The Morgan fingerprint density at radius 1 is 0.688 bits per heavy atom. The Labute approximate surface area is 186 Å². The van der Waals surface area contributed by atoms with E-state index < -0.39 is 53.5 Å². The molecular weight excluding hydrogens is 408 g/mol. The van der Waals surface area contributed by atoms with Crippen molar-refractivity contribution in [3.8, 4) is 0 Å². The van der Waals surface area contributed by atoms with Crippen LogP contribution in [0.3, 0.4) is 0 Å². The zero-order chi connectivity index (χ0) is 22.8. The molecule has 0 bridgehead atoms. The summed E-state index contributed by atoms with van der Waals surface area (Å²) in [5.41, 5.74) is 1.80. The summed E-state index contributed by atoms with van der Waals surface area (Å²) in [4.78, 5) is 50.3. The van der Waals surface area contributed by atoms with E-state index in [0.717, 1.165) is 11.1 Å². The summed E-state index contributed by atoms with van der Waals surface area (Å²) in [5, 5.41) is 0. The molecule has 2 saturated heterocycles. The molecule has 6 atom stereocenters. The molecule has 4 rings (SSSR count). The van der Waals surface area contributed by atoms with Gasteiger partial charge < -0.3 is 9.47 Å². The molecular formula is C26H26O6. The Morgan fingerprint density at radius 3 is 1.69 bits per heavy atom. The van der Waals surface area contributed by atoms with Crippen molar-refractivity contribution in [3.63, 3.8) is 0 Å². The normalized spacial score (nSPS) is 27.2. The lowest BCUT2D eigenvalue weighted by Crippen LogP contribution is -2.31. The van der Waals surface area contributed by atoms with Crippen molar-refractivity contribution in [2.24, 2.45) is 23.7 Å². The quantitative estimate of drug-likeness (QED) is 0.484. The first kappa shape index (κ1) is 21.9. The SMILES string of the molecule is CCC(c1ccccc1)C1C(=O)OC(=O)C1CC(c1ccccc1)C1C(=O)OC(=O)C1C. The fourth-order valence-electron chi connectivity index (χ4n) is 5.23. The van der Waals surface area contributed by atoms with Crippen LogP contribution in [0.4, 0.5) is 0 Å². The number of ether oxygens (including phenoxy) is 2. The molecule has 2 aliphatic rings. The molecule has 2 aromatic carbocycles. The molecule has 2 heterocycles. The third-order valence-corrected chi connectivity index (χ3v) is 6.86. The van der Waals surface area contributed by atoms with Crippen molar-refractivity contribution >= 4 is 23.9 Å². The molecule has 32 heavy (non-hydrogen) atoms. The predicted molar refractivity (Wildman–Crippen MR) is 115 cm³/mol. The molecule has 0 saturated carbocycles. The van der Waals surface area contributed by atoms with Gasteiger partial charge in [-0.3, -0.25) is 19.2 Å². The first-order valence-electron chi connectivity index (χ1n) is 11.0. The topological polar surface area (TPSA) is 86.7 Å². The van der Waals surface area contributed by atoms with Crippen LogP contribution in [0.2, 0.25) is 0 Å². The maximum Gasteiger partial charge on any atom is 0.318 e. The standard InChI is InChI=1S/C26H26O6/c1-3-18(16-10-6-4-7-11-16)22-20(24(28)32-26(22)30)14-19(17-12-8-5-9-13-17)21-15(2)23(27)31-25(21)29/h4-13,15,18-22H,3,14H2,1-2H3. The molecule has 166 valence electrons. The van der Waals surface area contributed by atoms with Gasteiger partial charge in [0.05, 0.1) is 23.7 Å². The Hall–Kier alpha value is -3.28. The number of benzene rings is 2. The van der Waals surface area contributed by atoms with Gasteiger partial charge in [-0.25, -0.2) is 0 Å². The van der Waals surface area contributed by atoms with Crippen molar-refractivity contribution < 1.29 is 28.7 Å². The van der Waals surface area contributed by atoms with E-state index in [9.17, 15) is 19.2 Å². The summed E-state index contributed by atoms with van der Waals surface area (Å²) in [6, 6.07) is 18.9. The van der Waals surface area contributed by atoms with Crippen LogP contribution in [-0.2, 0) is 28.7 Å². The lowest BCUT2D eigenvalue weighted by atomic mass is 9.70. The van der Waals surface area contributed by atoms with Crippen LogP contribution in [0.25, 0.3) is 0 Å². The highest BCUT2D eigenvalue weighted by Gasteiger charge is 2.52. The van der Waals surface area contributed by atoms with Crippen molar-refractivity contribution in [2.75, 3.05) is 0 Å². The maximum atomic E-state index is 12.8. The largest absolute Gasteiger partial charge is 0.393 e. The van der Waals surface area contributed by atoms with E-state index >= 15 is 0 Å². The third-order valence-electron chi connectivity index (χ3n) is 6.86. The van der Waals surface area contributed by atoms with Crippen molar-refractivity contribution in [1.29, 1.82) is 0 Å². The van der Waals surface area contributed by atoms with Crippen LogP contribution in [0.1, 0.15) is 49.7 Å². The van der Waals surface area contributed by atoms with Crippen molar-refractivity contribution in [2.45, 2.75) is 38.5 Å². The van der Waals surface area contributed by atoms with Gasteiger partial charge in [-0.05, 0) is 35.8 Å². The highest BCUT2D eigenvalue weighted by atomic mass is 16.6. The molecule has 6 nitrogen and oxygen atoms in total. The summed E-state index contributed by atoms with van der Waals surface area (Å²) in [7, 11) is 0. The second-order valence-corrected chi connectivity index (χ2v) is 8.61. The van der Waals surface area contributed by atoms with Crippen LogP contribution in [0.5, 0.6) is 0 Å². The number of esters is 4. The summed E-state index contributed by atoms with van der Waals surface area (Å²) in [5.74, 6) is -5.59. The van der Waals surface area contributed by atoms with E-state index in [1.54, 1.807) is 6.92 Å². The zero-order valence-corrected chi connectivity index (χ0v) is 18.1. The van der Waals surface area contributed by atoms with Gasteiger partial charge in [0.2, 0.25) is 0 Å². The first-order chi connectivity index (χ1) is 15.4. The van der Waals surface area contributed by atoms with E-state index in [1.807, 2.05) is 67.6 Å². The molecule has 2 aromatic rings. The lowest BCUT2D eigenvalue weighted by molar-refractivity contribution is -0.156. The van der Waals surface area contributed by atoms with E-state index in [2.05, 4.69) is 0 Å². The molecule has 6 heteroatoms. The summed E-state index contributed by atoms with van der Waals surface area (Å²) in [6.45, 7) is 3.65. The van der Waals surface area contributed by atoms with Gasteiger partial charge in [-0.1, -0.05) is 74.5 Å². The highest BCUT2D eigenvalue weighted by molar-refractivity contribution is 5.98. The van der Waals surface area contributed by atoms with Gasteiger partial charge in [0.15, 0.2) is 0 Å². The molecule has 6 unspecified atom stereocenters. The molecule has 0 aliphatic carbocycles. The van der Waals surface area contributed by atoms with Crippen LogP contribution in [-0.4, -0.2) is 23.9 Å². The van der Waals surface area contributed by atoms with Gasteiger partial charge in [0.25, 0.3) is 0 Å². The molecule has 0 N–H and O–H groups in total. The Balaban J connectivity index is 1.71. The Kier molecular flexibility index (Phi) is 6.21. The van der Waals surface area contributed by atoms with E-state index in [4.69, 9.17) is 9.47 Å². The number of cyclic esters (lactones) is 4. The fraction of sp³-hybridized carbons (Fsp3) is 0.385. The molecule has 0 spiro atoms. The summed E-state index contributed by atoms with van der Waals surface area (Å²) >= 11 is 0. The Morgan fingerprint density at radius 2 is 1.19 bits per heavy atom. The molecule has 2 aliphatic heterocycles. The van der Waals surface area contributed by atoms with Crippen LogP contribution >= 0.6 is 0 Å². The van der Waals surface area contributed by atoms with Crippen molar-refractivity contribution in [1.82, 2.24) is 0 Å². The van der Waals surface area contributed by atoms with Crippen LogP contribution in [0.15, 0.2) is 60.7 Å². The van der Waals surface area contributed by atoms with Gasteiger partial charge in [0, 0.05) is 0 Å². The van der Waals surface area contributed by atoms with Gasteiger partial charge >= 0.3 is 23.9 Å². The van der Waals surface area contributed by atoms with Gasteiger partial charge in [-0.15, -0.1) is 0 Å². The predicted octanol–water partition coefficient (Wildman–Crippen LogP) is 4.01. The average molecular weight is 434 g/mol. The lowest BCUT2D eigenvalue weighted by Gasteiger charge is -2.29. The fourth-order valence-corrected chi connectivity index (χ4v) is 5.23. The van der Waals surface area contributed by atoms with Gasteiger partial charge in [-0.2, -0.15) is 0 Å². The number of carbonyl (C=O) groups is 4. The van der Waals surface area contributed by atoms with E-state index in [1.165, 1.54) is 0 Å². The minimum Gasteiger partial charge on any atom is -0.393 e. The smallest absolute Gasteiger partial charge is 0.318 e. The average Bonchev–Trinajstić information content (AvgIpc) is 3.21. The van der Waals surface area contributed by atoms with E-state index in [0.29, 0.717) is 6.42 Å². The third kappa shape index (κ3) is 3.97. The van der Waals surface area contributed by atoms with E-state index in [-0.39, 0.29) is 12.3 Å². The minimum absolute atomic E-state index is 0.189. The monoisotopic (exact) mass is 434 g/mol. The minimum atomic E-state index is -0.717. The first-order valence-corrected chi connectivity index (χ1v) is 11.0. The maximum absolute atomic E-state index is 12.8. The molecule has 0 amide bonds. The van der Waals surface area contributed by atoms with Crippen molar-refractivity contribution in [3.05, 3.63) is 71.8 Å². The number of hydrogen-bond acceptors (Lipinski definition) is 6. The van der Waals surface area contributed by atoms with Gasteiger partial charge in [0.1, 0.15) is 0 Å².